The van der Waals surface area contributed by atoms with E-state index in [1.165, 1.54) is 26.3 Å². The molecule has 112 valence electrons. The quantitative estimate of drug-likeness (QED) is 0.848. The molecule has 2 amide bonds. The van der Waals surface area contributed by atoms with Gasteiger partial charge in [0.1, 0.15) is 0 Å². The minimum Gasteiger partial charge on any atom is -0.322 e. The molecule has 2 aliphatic rings. The van der Waals surface area contributed by atoms with Crippen LogP contribution in [0.2, 0.25) is 0 Å². The van der Waals surface area contributed by atoms with E-state index in [9.17, 15) is 9.59 Å². The second kappa shape index (κ2) is 5.85. The molecule has 5 heteroatoms. The Morgan fingerprint density at radius 1 is 1.14 bits per heavy atom. The Labute approximate surface area is 124 Å². The number of urea groups is 1. The third-order valence-electron chi connectivity index (χ3n) is 4.42. The molecule has 3 rings (SSSR count). The van der Waals surface area contributed by atoms with E-state index in [1.54, 1.807) is 24.3 Å². The summed E-state index contributed by atoms with van der Waals surface area (Å²) in [6.07, 6.45) is 2.43. The lowest BCUT2D eigenvalue weighted by Gasteiger charge is -2.37. The summed E-state index contributed by atoms with van der Waals surface area (Å²) in [6, 6.07) is 7.53. The van der Waals surface area contributed by atoms with E-state index in [0.29, 0.717) is 11.6 Å². The number of ketones is 1. The number of nitrogens with one attached hydrogen (secondary N) is 1. The first-order valence-corrected chi connectivity index (χ1v) is 7.54. The summed E-state index contributed by atoms with van der Waals surface area (Å²) in [5.41, 5.74) is 1.39. The van der Waals surface area contributed by atoms with E-state index >= 15 is 0 Å². The summed E-state index contributed by atoms with van der Waals surface area (Å²) in [5, 5.41) is 2.91. The molecule has 0 radical (unpaired) electrons. The van der Waals surface area contributed by atoms with Crippen molar-refractivity contribution in [1.29, 1.82) is 0 Å². The van der Waals surface area contributed by atoms with Crippen molar-refractivity contribution in [2.45, 2.75) is 25.8 Å². The van der Waals surface area contributed by atoms with Crippen molar-refractivity contribution in [3.05, 3.63) is 29.8 Å². The number of piperazine rings is 1. The minimum absolute atomic E-state index is 0.0326. The van der Waals surface area contributed by atoms with E-state index in [2.05, 4.69) is 10.2 Å². The van der Waals surface area contributed by atoms with E-state index < -0.39 is 0 Å². The fourth-order valence-electron chi connectivity index (χ4n) is 3.17. The van der Waals surface area contributed by atoms with Gasteiger partial charge in [-0.2, -0.15) is 0 Å². The van der Waals surface area contributed by atoms with Crippen LogP contribution < -0.4 is 5.32 Å². The molecule has 5 nitrogen and oxygen atoms in total. The topological polar surface area (TPSA) is 52.7 Å². The number of hydrogen-bond acceptors (Lipinski definition) is 3. The lowest BCUT2D eigenvalue weighted by Crippen LogP contribution is -2.53. The zero-order valence-corrected chi connectivity index (χ0v) is 12.3. The van der Waals surface area contributed by atoms with Crippen molar-refractivity contribution >= 4 is 17.5 Å². The van der Waals surface area contributed by atoms with Crippen molar-refractivity contribution in [2.75, 3.05) is 31.5 Å². The molecule has 0 aliphatic carbocycles. The normalized spacial score (nSPS) is 22.0. The van der Waals surface area contributed by atoms with Crippen LogP contribution in [0.1, 0.15) is 30.1 Å². The van der Waals surface area contributed by atoms with Gasteiger partial charge in [-0.25, -0.2) is 4.79 Å². The highest BCUT2D eigenvalue weighted by molar-refractivity contribution is 5.95. The van der Waals surface area contributed by atoms with Crippen LogP contribution in [0.25, 0.3) is 0 Å². The van der Waals surface area contributed by atoms with Crippen LogP contribution in [0, 0.1) is 0 Å². The molecule has 1 unspecified atom stereocenters. The first kappa shape index (κ1) is 14.1. The molecular formula is C16H21N3O2. The molecule has 1 aromatic rings. The molecule has 1 aromatic carbocycles. The summed E-state index contributed by atoms with van der Waals surface area (Å²) >= 11 is 0. The fourth-order valence-corrected chi connectivity index (χ4v) is 3.17. The number of carbonyl (C=O) groups is 2. The maximum Gasteiger partial charge on any atom is 0.321 e. The van der Waals surface area contributed by atoms with Crippen LogP contribution in [-0.4, -0.2) is 53.8 Å². The summed E-state index contributed by atoms with van der Waals surface area (Å²) in [6.45, 7) is 5.29. The molecule has 0 saturated carbocycles. The van der Waals surface area contributed by atoms with E-state index in [1.807, 2.05) is 4.90 Å². The molecule has 21 heavy (non-hydrogen) atoms. The first-order chi connectivity index (χ1) is 10.1. The molecule has 0 aromatic heterocycles. The van der Waals surface area contributed by atoms with Gasteiger partial charge in [0, 0.05) is 36.9 Å². The second-order valence-electron chi connectivity index (χ2n) is 5.84. The van der Waals surface area contributed by atoms with Crippen LogP contribution in [0.15, 0.2) is 24.3 Å². The highest BCUT2D eigenvalue weighted by atomic mass is 16.2. The zero-order valence-electron chi connectivity index (χ0n) is 12.3. The molecule has 0 bridgehead atoms. The van der Waals surface area contributed by atoms with Gasteiger partial charge in [0.2, 0.25) is 0 Å². The van der Waals surface area contributed by atoms with Gasteiger partial charge in [0.25, 0.3) is 0 Å². The number of Topliss-reactive ketones (excluding diaryl/α,β-unsaturated/α-hetero) is 1. The van der Waals surface area contributed by atoms with Crippen molar-refractivity contribution in [1.82, 2.24) is 9.80 Å². The SMILES string of the molecule is CC(=O)c1ccc(NC(=O)N2CCN3CCCC3C2)cc1. The number of nitrogens with zero attached hydrogens (tertiary/aromatic N) is 2. The maximum atomic E-state index is 12.3. The largest absolute Gasteiger partial charge is 0.322 e. The van der Waals surface area contributed by atoms with Crippen LogP contribution in [0.5, 0.6) is 0 Å². The maximum absolute atomic E-state index is 12.3. The van der Waals surface area contributed by atoms with Crippen molar-refractivity contribution in [3.63, 3.8) is 0 Å². The van der Waals surface area contributed by atoms with Gasteiger partial charge in [-0.05, 0) is 50.6 Å². The van der Waals surface area contributed by atoms with Crippen LogP contribution in [0.3, 0.4) is 0 Å². The number of fused-ring (bicyclic) bond motifs is 1. The average molecular weight is 287 g/mol. The molecule has 2 aliphatic heterocycles. The van der Waals surface area contributed by atoms with E-state index in [-0.39, 0.29) is 11.8 Å². The monoisotopic (exact) mass is 287 g/mol. The van der Waals surface area contributed by atoms with Crippen LogP contribution in [0.4, 0.5) is 10.5 Å². The van der Waals surface area contributed by atoms with Gasteiger partial charge < -0.3 is 10.2 Å². The number of anilines is 1. The van der Waals surface area contributed by atoms with Gasteiger partial charge >= 0.3 is 6.03 Å². The average Bonchev–Trinajstić information content (AvgIpc) is 2.95. The van der Waals surface area contributed by atoms with E-state index in [4.69, 9.17) is 0 Å². The summed E-state index contributed by atoms with van der Waals surface area (Å²) in [4.78, 5) is 27.9. The molecule has 2 saturated heterocycles. The van der Waals surface area contributed by atoms with E-state index in [0.717, 1.165) is 25.3 Å². The molecule has 1 atom stereocenters. The van der Waals surface area contributed by atoms with Gasteiger partial charge in [-0.1, -0.05) is 0 Å². The summed E-state index contributed by atoms with van der Waals surface area (Å²) in [5.74, 6) is 0.0326. The van der Waals surface area contributed by atoms with Crippen LogP contribution >= 0.6 is 0 Å². The first-order valence-electron chi connectivity index (χ1n) is 7.54. The highest BCUT2D eigenvalue weighted by Gasteiger charge is 2.32. The third kappa shape index (κ3) is 3.08. The lowest BCUT2D eigenvalue weighted by atomic mass is 10.1. The predicted molar refractivity (Wildman–Crippen MR) is 81.6 cm³/mol. The number of benzene rings is 1. The minimum atomic E-state index is -0.0443. The van der Waals surface area contributed by atoms with Gasteiger partial charge in [-0.3, -0.25) is 9.69 Å². The van der Waals surface area contributed by atoms with Gasteiger partial charge in [0.15, 0.2) is 5.78 Å². The molecule has 0 spiro atoms. The van der Waals surface area contributed by atoms with Gasteiger partial charge in [-0.15, -0.1) is 0 Å². The number of amides is 2. The summed E-state index contributed by atoms with van der Waals surface area (Å²) < 4.78 is 0. The summed E-state index contributed by atoms with van der Waals surface area (Å²) in [7, 11) is 0. The standard InChI is InChI=1S/C16H21N3O2/c1-12(20)13-4-6-14(7-5-13)17-16(21)19-10-9-18-8-2-3-15(18)11-19/h4-7,15H,2-3,8-11H2,1H3,(H,17,21). The van der Waals surface area contributed by atoms with Crippen molar-refractivity contribution in [2.24, 2.45) is 0 Å². The van der Waals surface area contributed by atoms with Gasteiger partial charge in [0.05, 0.1) is 0 Å². The smallest absolute Gasteiger partial charge is 0.321 e. The Morgan fingerprint density at radius 2 is 1.90 bits per heavy atom. The van der Waals surface area contributed by atoms with Crippen molar-refractivity contribution < 1.29 is 9.59 Å². The molecule has 2 heterocycles. The molecule has 1 N–H and O–H groups in total. The highest BCUT2D eigenvalue weighted by Crippen LogP contribution is 2.22. The Hall–Kier alpha value is -1.88. The third-order valence-corrected chi connectivity index (χ3v) is 4.42. The zero-order chi connectivity index (χ0) is 14.8. The Kier molecular flexibility index (Phi) is 3.92. The Bertz CT molecular complexity index is 541. The molecule has 2 fully saturated rings. The number of rotatable bonds is 2. The predicted octanol–water partition coefficient (Wildman–Crippen LogP) is 2.20. The van der Waals surface area contributed by atoms with Crippen molar-refractivity contribution in [3.8, 4) is 0 Å². The fraction of sp³-hybridized carbons (Fsp3) is 0.500. The Morgan fingerprint density at radius 3 is 2.62 bits per heavy atom. The molecular weight excluding hydrogens is 266 g/mol. The number of hydrogen-bond donors (Lipinski definition) is 1. The second-order valence-corrected chi connectivity index (χ2v) is 5.84. The lowest BCUT2D eigenvalue weighted by molar-refractivity contribution is 0.101. The van der Waals surface area contributed by atoms with Crippen LogP contribution in [-0.2, 0) is 0 Å². The number of carbonyl (C=O) groups excluding carboxylic acids is 2. The Balaban J connectivity index is 1.59.